The first-order valence-corrected chi connectivity index (χ1v) is 4.34. The third-order valence-electron chi connectivity index (χ3n) is 1.51. The molecule has 0 radical (unpaired) electrons. The van der Waals surface area contributed by atoms with Gasteiger partial charge in [0.15, 0.2) is 0 Å². The van der Waals surface area contributed by atoms with Crippen LogP contribution in [0.3, 0.4) is 0 Å². The van der Waals surface area contributed by atoms with Gasteiger partial charge in [0.1, 0.15) is 5.75 Å². The van der Waals surface area contributed by atoms with E-state index in [1.165, 1.54) is 0 Å². The summed E-state index contributed by atoms with van der Waals surface area (Å²) >= 11 is 5.52. The summed E-state index contributed by atoms with van der Waals surface area (Å²) in [6, 6.07) is 7.75. The highest BCUT2D eigenvalue weighted by molar-refractivity contribution is 6.18. The van der Waals surface area contributed by atoms with E-state index in [0.717, 1.165) is 18.0 Å². The molecule has 0 aliphatic carbocycles. The van der Waals surface area contributed by atoms with Gasteiger partial charge in [-0.05, 0) is 24.3 Å². The number of anilines is 1. The summed E-state index contributed by atoms with van der Waals surface area (Å²) in [6.07, 6.45) is 0. The maximum atomic E-state index is 5.52. The van der Waals surface area contributed by atoms with E-state index < -0.39 is 0 Å². The van der Waals surface area contributed by atoms with E-state index in [9.17, 15) is 0 Å². The van der Waals surface area contributed by atoms with Crippen LogP contribution in [0.15, 0.2) is 24.3 Å². The Balaban J connectivity index is 2.53. The molecule has 0 spiro atoms. The van der Waals surface area contributed by atoms with Crippen LogP contribution in [-0.2, 0) is 0 Å². The van der Waals surface area contributed by atoms with Gasteiger partial charge in [-0.1, -0.05) is 0 Å². The van der Waals surface area contributed by atoms with E-state index >= 15 is 0 Å². The van der Waals surface area contributed by atoms with Gasteiger partial charge in [-0.2, -0.15) is 0 Å². The molecule has 0 unspecified atom stereocenters. The fourth-order valence-corrected chi connectivity index (χ4v) is 0.995. The topological polar surface area (TPSA) is 21.3 Å². The van der Waals surface area contributed by atoms with Crippen LogP contribution in [0.25, 0.3) is 0 Å². The average molecular weight is 186 g/mol. The lowest BCUT2D eigenvalue weighted by Crippen LogP contribution is -2.01. The summed E-state index contributed by atoms with van der Waals surface area (Å²) in [5.41, 5.74) is 1.07. The van der Waals surface area contributed by atoms with Gasteiger partial charge in [0.2, 0.25) is 0 Å². The standard InChI is InChI=1S/C9H12ClNO/c1-12-9-4-2-8(3-5-9)11-7-6-10/h2-5,11H,6-7H2,1H3. The van der Waals surface area contributed by atoms with Crippen LogP contribution in [0.5, 0.6) is 5.75 Å². The first-order chi connectivity index (χ1) is 5.86. The van der Waals surface area contributed by atoms with Crippen LogP contribution in [0.2, 0.25) is 0 Å². The molecule has 12 heavy (non-hydrogen) atoms. The average Bonchev–Trinajstić information content (AvgIpc) is 2.15. The zero-order valence-electron chi connectivity index (χ0n) is 7.01. The highest BCUT2D eigenvalue weighted by Gasteiger charge is 1.91. The first kappa shape index (κ1) is 9.20. The minimum Gasteiger partial charge on any atom is -0.497 e. The second kappa shape index (κ2) is 4.88. The Bertz CT molecular complexity index is 222. The molecular weight excluding hydrogens is 174 g/mol. The van der Waals surface area contributed by atoms with Crippen LogP contribution in [0, 0.1) is 0 Å². The smallest absolute Gasteiger partial charge is 0.119 e. The Morgan fingerprint density at radius 3 is 2.50 bits per heavy atom. The predicted molar refractivity (Wildman–Crippen MR) is 52.2 cm³/mol. The molecule has 2 nitrogen and oxygen atoms in total. The Morgan fingerprint density at radius 1 is 1.33 bits per heavy atom. The van der Waals surface area contributed by atoms with Crippen LogP contribution < -0.4 is 10.1 Å². The summed E-state index contributed by atoms with van der Waals surface area (Å²) in [7, 11) is 1.65. The first-order valence-electron chi connectivity index (χ1n) is 3.80. The Hall–Kier alpha value is -0.890. The molecule has 0 saturated heterocycles. The molecule has 66 valence electrons. The van der Waals surface area contributed by atoms with E-state index in [1.54, 1.807) is 7.11 Å². The highest BCUT2D eigenvalue weighted by atomic mass is 35.5. The van der Waals surface area contributed by atoms with Gasteiger partial charge in [-0.3, -0.25) is 0 Å². The fourth-order valence-electron chi connectivity index (χ4n) is 0.900. The maximum Gasteiger partial charge on any atom is 0.119 e. The molecular formula is C9H12ClNO. The van der Waals surface area contributed by atoms with Gasteiger partial charge in [-0.15, -0.1) is 11.6 Å². The van der Waals surface area contributed by atoms with Crippen molar-refractivity contribution in [2.24, 2.45) is 0 Å². The normalized spacial score (nSPS) is 9.50. The highest BCUT2D eigenvalue weighted by Crippen LogP contribution is 2.14. The van der Waals surface area contributed by atoms with Crippen molar-refractivity contribution in [3.05, 3.63) is 24.3 Å². The zero-order chi connectivity index (χ0) is 8.81. The molecule has 0 aliphatic heterocycles. The van der Waals surface area contributed by atoms with Crippen molar-refractivity contribution in [3.63, 3.8) is 0 Å². The minimum absolute atomic E-state index is 0.617. The lowest BCUT2D eigenvalue weighted by Gasteiger charge is -2.04. The molecule has 1 aromatic carbocycles. The van der Waals surface area contributed by atoms with Gasteiger partial charge in [-0.25, -0.2) is 0 Å². The molecule has 0 aromatic heterocycles. The molecule has 0 amide bonds. The minimum atomic E-state index is 0.617. The zero-order valence-corrected chi connectivity index (χ0v) is 7.77. The van der Waals surface area contributed by atoms with Crippen molar-refractivity contribution in [2.75, 3.05) is 24.9 Å². The van der Waals surface area contributed by atoms with E-state index in [2.05, 4.69) is 5.32 Å². The number of halogens is 1. The van der Waals surface area contributed by atoms with Gasteiger partial charge < -0.3 is 10.1 Å². The Labute approximate surface area is 77.5 Å². The van der Waals surface area contributed by atoms with Crippen molar-refractivity contribution in [1.29, 1.82) is 0 Å². The number of benzene rings is 1. The lowest BCUT2D eigenvalue weighted by atomic mass is 10.3. The summed E-state index contributed by atoms with van der Waals surface area (Å²) in [5, 5.41) is 3.16. The summed E-state index contributed by atoms with van der Waals surface area (Å²) < 4.78 is 5.02. The van der Waals surface area contributed by atoms with Crippen LogP contribution in [0.1, 0.15) is 0 Å². The lowest BCUT2D eigenvalue weighted by molar-refractivity contribution is 0.415. The van der Waals surface area contributed by atoms with Crippen LogP contribution in [-0.4, -0.2) is 19.5 Å². The molecule has 0 fully saturated rings. The third kappa shape index (κ3) is 2.62. The van der Waals surface area contributed by atoms with Crippen LogP contribution >= 0.6 is 11.6 Å². The third-order valence-corrected chi connectivity index (χ3v) is 1.70. The molecule has 1 aromatic rings. The van der Waals surface area contributed by atoms with E-state index in [0.29, 0.717) is 5.88 Å². The van der Waals surface area contributed by atoms with Gasteiger partial charge >= 0.3 is 0 Å². The quantitative estimate of drug-likeness (QED) is 0.728. The molecule has 1 N–H and O–H groups in total. The van der Waals surface area contributed by atoms with Crippen molar-refractivity contribution in [2.45, 2.75) is 0 Å². The van der Waals surface area contributed by atoms with Crippen molar-refractivity contribution >= 4 is 17.3 Å². The molecule has 1 rings (SSSR count). The number of alkyl halides is 1. The Morgan fingerprint density at radius 2 is 2.00 bits per heavy atom. The Kier molecular flexibility index (Phi) is 3.74. The summed E-state index contributed by atoms with van der Waals surface area (Å²) in [5.74, 6) is 1.48. The number of rotatable bonds is 4. The van der Waals surface area contributed by atoms with Gasteiger partial charge in [0, 0.05) is 18.1 Å². The second-order valence-corrected chi connectivity index (χ2v) is 2.72. The molecule has 0 aliphatic rings. The van der Waals surface area contributed by atoms with Crippen molar-refractivity contribution in [1.82, 2.24) is 0 Å². The van der Waals surface area contributed by atoms with E-state index in [1.807, 2.05) is 24.3 Å². The fraction of sp³-hybridized carbons (Fsp3) is 0.333. The number of methoxy groups -OCH3 is 1. The predicted octanol–water partition coefficient (Wildman–Crippen LogP) is 2.35. The number of hydrogen-bond acceptors (Lipinski definition) is 2. The second-order valence-electron chi connectivity index (χ2n) is 2.34. The number of nitrogens with one attached hydrogen (secondary N) is 1. The SMILES string of the molecule is COc1ccc(NCCCl)cc1. The monoisotopic (exact) mass is 185 g/mol. The van der Waals surface area contributed by atoms with E-state index in [4.69, 9.17) is 16.3 Å². The number of hydrogen-bond donors (Lipinski definition) is 1. The number of ether oxygens (including phenoxy) is 1. The van der Waals surface area contributed by atoms with E-state index in [-0.39, 0.29) is 0 Å². The maximum absolute atomic E-state index is 5.52. The van der Waals surface area contributed by atoms with Gasteiger partial charge in [0.05, 0.1) is 7.11 Å². The molecule has 0 bridgehead atoms. The molecule has 0 heterocycles. The summed E-state index contributed by atoms with van der Waals surface area (Å²) in [4.78, 5) is 0. The van der Waals surface area contributed by atoms with Crippen LogP contribution in [0.4, 0.5) is 5.69 Å². The summed E-state index contributed by atoms with van der Waals surface area (Å²) in [6.45, 7) is 0.786. The molecule has 3 heteroatoms. The molecule has 0 atom stereocenters. The van der Waals surface area contributed by atoms with Crippen molar-refractivity contribution in [3.8, 4) is 5.75 Å². The van der Waals surface area contributed by atoms with Gasteiger partial charge in [0.25, 0.3) is 0 Å². The molecule has 0 saturated carbocycles. The van der Waals surface area contributed by atoms with Crippen molar-refractivity contribution < 1.29 is 4.74 Å². The largest absolute Gasteiger partial charge is 0.497 e.